The van der Waals surface area contributed by atoms with Crippen LogP contribution in [0.3, 0.4) is 0 Å². The second-order valence-corrected chi connectivity index (χ2v) is 7.85. The molecule has 2 aromatic rings. The molecule has 0 amide bonds. The van der Waals surface area contributed by atoms with E-state index in [1.807, 2.05) is 20.8 Å². The fraction of sp³-hybridized carbons (Fsp3) is 0.444. The molecule has 0 fully saturated rings. The summed E-state index contributed by atoms with van der Waals surface area (Å²) in [7, 11) is -2.57. The quantitative estimate of drug-likeness (QED) is 0.640. The minimum atomic E-state index is -2.57. The molecule has 0 N–H and O–H groups in total. The lowest BCUT2D eigenvalue weighted by molar-refractivity contribution is 0.0714. The highest BCUT2D eigenvalue weighted by Gasteiger charge is 2.39. The Kier molecular flexibility index (Phi) is 6.58. The topological polar surface area (TPSA) is 27.7 Å². The monoisotopic (exact) mass is 318 g/mol. The van der Waals surface area contributed by atoms with Crippen molar-refractivity contribution in [3.05, 3.63) is 48.0 Å². The average molecular weight is 318 g/mol. The summed E-state index contributed by atoms with van der Waals surface area (Å²) in [5.41, 5.74) is 1.33. The summed E-state index contributed by atoms with van der Waals surface area (Å²) in [5, 5.41) is 2.58. The van der Waals surface area contributed by atoms with Gasteiger partial charge < -0.3 is 13.3 Å². The van der Waals surface area contributed by atoms with Crippen molar-refractivity contribution in [3.63, 3.8) is 0 Å². The Hall–Kier alpha value is -1.20. The average Bonchev–Trinajstić information content (AvgIpc) is 2.54. The van der Waals surface area contributed by atoms with Crippen LogP contribution in [0.15, 0.2) is 42.5 Å². The highest BCUT2D eigenvalue weighted by atomic mass is 28.4. The molecule has 0 saturated heterocycles. The largest absolute Gasteiger partial charge is 0.501 e. The lowest BCUT2D eigenvalue weighted by Crippen LogP contribution is -2.46. The van der Waals surface area contributed by atoms with E-state index in [0.717, 1.165) is 12.5 Å². The number of fused-ring (bicyclic) bond motifs is 1. The minimum Gasteiger partial charge on any atom is -0.374 e. The molecule has 2 aromatic carbocycles. The zero-order valence-corrected chi connectivity index (χ0v) is 14.8. The van der Waals surface area contributed by atoms with Gasteiger partial charge in [-0.15, -0.1) is 0 Å². The molecular weight excluding hydrogens is 292 g/mol. The molecule has 2 rings (SSSR count). The van der Waals surface area contributed by atoms with Crippen molar-refractivity contribution in [3.8, 4) is 0 Å². The van der Waals surface area contributed by atoms with Crippen LogP contribution >= 0.6 is 0 Å². The molecule has 0 unspecified atom stereocenters. The molecule has 0 spiro atoms. The number of rotatable bonds is 9. The molecule has 0 aliphatic heterocycles. The van der Waals surface area contributed by atoms with E-state index in [-0.39, 0.29) is 0 Å². The standard InChI is InChI=1S/C18H26O3Si/c1-4-19-22(20-5-2,21-6-3)15-14-17-12-9-11-16-10-7-8-13-18(16)17/h7-13H,4-6,14-15H2,1-3H3. The van der Waals surface area contributed by atoms with Crippen molar-refractivity contribution >= 4 is 19.6 Å². The lowest BCUT2D eigenvalue weighted by Gasteiger charge is -2.28. The highest BCUT2D eigenvalue weighted by molar-refractivity contribution is 6.60. The maximum atomic E-state index is 5.94. The summed E-state index contributed by atoms with van der Waals surface area (Å²) in [6.45, 7) is 7.87. The van der Waals surface area contributed by atoms with Gasteiger partial charge in [0, 0.05) is 25.9 Å². The molecule has 3 nitrogen and oxygen atoms in total. The van der Waals surface area contributed by atoms with Gasteiger partial charge >= 0.3 is 8.80 Å². The fourth-order valence-corrected chi connectivity index (χ4v) is 5.38. The van der Waals surface area contributed by atoms with E-state index in [4.69, 9.17) is 13.3 Å². The number of benzene rings is 2. The van der Waals surface area contributed by atoms with Crippen molar-refractivity contribution < 1.29 is 13.3 Å². The third-order valence-corrected chi connectivity index (χ3v) is 6.72. The summed E-state index contributed by atoms with van der Waals surface area (Å²) >= 11 is 0. The first-order valence-corrected chi connectivity index (χ1v) is 10.1. The van der Waals surface area contributed by atoms with Gasteiger partial charge in [-0.1, -0.05) is 42.5 Å². The molecule has 0 heterocycles. The maximum absolute atomic E-state index is 5.94. The Bertz CT molecular complexity index is 563. The smallest absolute Gasteiger partial charge is 0.374 e. The summed E-state index contributed by atoms with van der Waals surface area (Å²) in [6, 6.07) is 15.8. The molecule has 0 radical (unpaired) electrons. The van der Waals surface area contributed by atoms with E-state index in [1.54, 1.807) is 0 Å². The van der Waals surface area contributed by atoms with Gasteiger partial charge in [-0.25, -0.2) is 0 Å². The molecule has 120 valence electrons. The summed E-state index contributed by atoms with van der Waals surface area (Å²) in [4.78, 5) is 0. The molecule has 0 aliphatic rings. The van der Waals surface area contributed by atoms with Gasteiger partial charge in [-0.2, -0.15) is 0 Å². The molecular formula is C18H26O3Si. The highest BCUT2D eigenvalue weighted by Crippen LogP contribution is 2.24. The number of aryl methyl sites for hydroxylation is 1. The molecule has 0 saturated carbocycles. The van der Waals surface area contributed by atoms with Gasteiger partial charge in [0.2, 0.25) is 0 Å². The van der Waals surface area contributed by atoms with Crippen LogP contribution < -0.4 is 0 Å². The normalized spacial score (nSPS) is 12.0. The molecule has 0 atom stereocenters. The Morgan fingerprint density at radius 3 is 2.00 bits per heavy atom. The van der Waals surface area contributed by atoms with Gasteiger partial charge in [-0.3, -0.25) is 0 Å². The SMILES string of the molecule is CCO[Si](CCc1cccc2ccccc12)(OCC)OCC. The molecule has 0 aromatic heterocycles. The van der Waals surface area contributed by atoms with Crippen molar-refractivity contribution in [2.75, 3.05) is 19.8 Å². The zero-order valence-electron chi connectivity index (χ0n) is 13.8. The Labute approximate surface area is 134 Å². The second kappa shape index (κ2) is 8.43. The molecule has 0 bridgehead atoms. The van der Waals surface area contributed by atoms with Gasteiger partial charge in [0.1, 0.15) is 0 Å². The summed E-state index contributed by atoms with van der Waals surface area (Å²) in [5.74, 6) is 0. The van der Waals surface area contributed by atoms with Gasteiger partial charge in [0.05, 0.1) is 0 Å². The first kappa shape index (κ1) is 17.2. The van der Waals surface area contributed by atoms with Crippen LogP contribution in [0.25, 0.3) is 10.8 Å². The zero-order chi connectivity index (χ0) is 15.8. The van der Waals surface area contributed by atoms with Crippen molar-refractivity contribution in [2.24, 2.45) is 0 Å². The first-order valence-electron chi connectivity index (χ1n) is 8.13. The molecule has 22 heavy (non-hydrogen) atoms. The summed E-state index contributed by atoms with van der Waals surface area (Å²) in [6.07, 6.45) is 0.910. The van der Waals surface area contributed by atoms with Gasteiger partial charge in [0.25, 0.3) is 0 Å². The lowest BCUT2D eigenvalue weighted by atomic mass is 10.0. The Balaban J connectivity index is 2.19. The van der Waals surface area contributed by atoms with Crippen LogP contribution in [0.1, 0.15) is 26.3 Å². The van der Waals surface area contributed by atoms with Crippen LogP contribution in [0.5, 0.6) is 0 Å². The third kappa shape index (κ3) is 4.17. The first-order chi connectivity index (χ1) is 10.7. The van der Waals surface area contributed by atoms with Crippen LogP contribution in [0, 0.1) is 0 Å². The Morgan fingerprint density at radius 1 is 0.773 bits per heavy atom. The fourth-order valence-electron chi connectivity index (χ4n) is 2.80. The van der Waals surface area contributed by atoms with E-state index in [0.29, 0.717) is 19.8 Å². The second-order valence-electron chi connectivity index (χ2n) is 5.12. The molecule has 4 heteroatoms. The van der Waals surface area contributed by atoms with Crippen LogP contribution in [-0.4, -0.2) is 28.6 Å². The predicted octanol–water partition coefficient (Wildman–Crippen LogP) is 4.43. The van der Waals surface area contributed by atoms with Gasteiger partial charge in [0.15, 0.2) is 0 Å². The van der Waals surface area contributed by atoms with Crippen LogP contribution in [0.2, 0.25) is 6.04 Å². The van der Waals surface area contributed by atoms with Crippen LogP contribution in [0.4, 0.5) is 0 Å². The Morgan fingerprint density at radius 2 is 1.36 bits per heavy atom. The maximum Gasteiger partial charge on any atom is 0.501 e. The van der Waals surface area contributed by atoms with Crippen molar-refractivity contribution in [2.45, 2.75) is 33.2 Å². The predicted molar refractivity (Wildman–Crippen MR) is 93.1 cm³/mol. The third-order valence-electron chi connectivity index (χ3n) is 3.67. The van der Waals surface area contributed by atoms with E-state index >= 15 is 0 Å². The van der Waals surface area contributed by atoms with E-state index < -0.39 is 8.80 Å². The minimum absolute atomic E-state index is 0.627. The van der Waals surface area contributed by atoms with Gasteiger partial charge in [-0.05, 0) is 43.5 Å². The van der Waals surface area contributed by atoms with E-state index in [2.05, 4.69) is 42.5 Å². The van der Waals surface area contributed by atoms with E-state index in [9.17, 15) is 0 Å². The molecule has 0 aliphatic carbocycles. The number of hydrogen-bond donors (Lipinski definition) is 0. The van der Waals surface area contributed by atoms with Crippen LogP contribution in [-0.2, 0) is 19.7 Å². The van der Waals surface area contributed by atoms with Crippen molar-refractivity contribution in [1.82, 2.24) is 0 Å². The number of hydrogen-bond acceptors (Lipinski definition) is 3. The van der Waals surface area contributed by atoms with Crippen molar-refractivity contribution in [1.29, 1.82) is 0 Å². The van der Waals surface area contributed by atoms with E-state index in [1.165, 1.54) is 16.3 Å². The summed E-state index contributed by atoms with van der Waals surface area (Å²) < 4.78 is 17.8.